The predicted molar refractivity (Wildman–Crippen MR) is 95.9 cm³/mol. The third kappa shape index (κ3) is 4.14. The molecule has 0 bridgehead atoms. The topological polar surface area (TPSA) is 45.4 Å². The third-order valence-electron chi connectivity index (χ3n) is 3.90. The molecule has 6 heteroatoms. The molecular weight excluding hydrogens is 348 g/mol. The minimum absolute atomic E-state index is 0.238. The maximum Gasteiger partial charge on any atom is 0.142 e. The van der Waals surface area contributed by atoms with Crippen LogP contribution >= 0.6 is 28.1 Å². The Bertz CT molecular complexity index is 500. The van der Waals surface area contributed by atoms with Gasteiger partial charge in [0.1, 0.15) is 5.82 Å². The minimum Gasteiger partial charge on any atom is -0.392 e. The Hall–Kier alpha value is -0.720. The summed E-state index contributed by atoms with van der Waals surface area (Å²) in [5.41, 5.74) is 7.06. The first-order valence-corrected chi connectivity index (χ1v) is 8.63. The number of thiocarbonyl (C=S) groups is 1. The van der Waals surface area contributed by atoms with Crippen molar-refractivity contribution in [3.05, 3.63) is 22.3 Å². The van der Waals surface area contributed by atoms with Gasteiger partial charge in [0.25, 0.3) is 0 Å². The number of pyridine rings is 1. The van der Waals surface area contributed by atoms with E-state index in [1.165, 1.54) is 5.56 Å². The molecule has 0 amide bonds. The number of nitrogens with zero attached hydrogens (tertiary/aromatic N) is 3. The average molecular weight is 371 g/mol. The zero-order valence-electron chi connectivity index (χ0n) is 12.7. The Morgan fingerprint density at radius 1 is 1.43 bits per heavy atom. The molecule has 1 aliphatic rings. The maximum absolute atomic E-state index is 5.90. The van der Waals surface area contributed by atoms with Crippen molar-refractivity contribution in [2.45, 2.75) is 32.7 Å². The van der Waals surface area contributed by atoms with Gasteiger partial charge in [0.2, 0.25) is 0 Å². The van der Waals surface area contributed by atoms with Crippen molar-refractivity contribution in [1.82, 2.24) is 9.88 Å². The maximum atomic E-state index is 5.90. The second-order valence-corrected chi connectivity index (χ2v) is 6.87. The first-order valence-electron chi connectivity index (χ1n) is 7.43. The summed E-state index contributed by atoms with van der Waals surface area (Å²) < 4.78 is 1.07. The van der Waals surface area contributed by atoms with E-state index in [-0.39, 0.29) is 6.04 Å². The lowest BCUT2D eigenvalue weighted by molar-refractivity contribution is 0.219. The van der Waals surface area contributed by atoms with E-state index >= 15 is 0 Å². The lowest BCUT2D eigenvalue weighted by Crippen LogP contribution is -2.54. The lowest BCUT2D eigenvalue weighted by Gasteiger charge is -2.39. The number of aryl methyl sites for hydroxylation is 1. The molecule has 1 aromatic rings. The van der Waals surface area contributed by atoms with Gasteiger partial charge >= 0.3 is 0 Å². The van der Waals surface area contributed by atoms with Crippen molar-refractivity contribution in [1.29, 1.82) is 0 Å². The van der Waals surface area contributed by atoms with Crippen LogP contribution in [0.2, 0.25) is 0 Å². The van der Waals surface area contributed by atoms with Crippen LogP contribution in [0.3, 0.4) is 0 Å². The summed E-state index contributed by atoms with van der Waals surface area (Å²) in [6, 6.07) is 2.35. The lowest BCUT2D eigenvalue weighted by atomic mass is 10.1. The van der Waals surface area contributed by atoms with Gasteiger partial charge in [0.15, 0.2) is 0 Å². The summed E-state index contributed by atoms with van der Waals surface area (Å²) in [6.07, 6.45) is 4.07. The predicted octanol–water partition coefficient (Wildman–Crippen LogP) is 2.73. The molecule has 1 aromatic heterocycles. The highest BCUT2D eigenvalue weighted by Gasteiger charge is 2.26. The molecule has 1 unspecified atom stereocenters. The van der Waals surface area contributed by atoms with E-state index in [2.05, 4.69) is 50.6 Å². The summed E-state index contributed by atoms with van der Waals surface area (Å²) in [7, 11) is 0. The number of halogens is 1. The number of anilines is 1. The van der Waals surface area contributed by atoms with Crippen LogP contribution in [0.1, 0.15) is 25.3 Å². The Balaban J connectivity index is 2.01. The van der Waals surface area contributed by atoms with Crippen molar-refractivity contribution in [2.75, 3.05) is 31.1 Å². The second-order valence-electron chi connectivity index (χ2n) is 5.55. The van der Waals surface area contributed by atoms with Gasteiger partial charge in [-0.25, -0.2) is 4.98 Å². The molecule has 2 heterocycles. The Labute approximate surface area is 140 Å². The molecule has 21 heavy (non-hydrogen) atoms. The summed E-state index contributed by atoms with van der Waals surface area (Å²) in [5.74, 6) is 1.03. The molecule has 0 radical (unpaired) electrons. The van der Waals surface area contributed by atoms with Gasteiger partial charge in [-0.2, -0.15) is 0 Å². The summed E-state index contributed by atoms with van der Waals surface area (Å²) in [5, 5.41) is 0. The van der Waals surface area contributed by atoms with E-state index in [1.807, 2.05) is 6.20 Å². The largest absolute Gasteiger partial charge is 0.392 e. The fourth-order valence-electron chi connectivity index (χ4n) is 2.78. The van der Waals surface area contributed by atoms with Gasteiger partial charge in [-0.15, -0.1) is 0 Å². The smallest absolute Gasteiger partial charge is 0.142 e. The normalized spacial score (nSPS) is 17.8. The first kappa shape index (κ1) is 16.6. The van der Waals surface area contributed by atoms with Gasteiger partial charge in [-0.3, -0.25) is 4.90 Å². The van der Waals surface area contributed by atoms with E-state index in [1.54, 1.807) is 0 Å². The molecule has 2 rings (SSSR count). The number of piperazine rings is 1. The molecule has 1 atom stereocenters. The van der Waals surface area contributed by atoms with Crippen LogP contribution < -0.4 is 10.6 Å². The van der Waals surface area contributed by atoms with Crippen molar-refractivity contribution in [3.8, 4) is 0 Å². The SMILES string of the molecule is CCCC(C(N)=S)N1CCN(c2ncc(C)cc2Br)CC1. The Morgan fingerprint density at radius 2 is 2.10 bits per heavy atom. The molecule has 116 valence electrons. The quantitative estimate of drug-likeness (QED) is 0.807. The van der Waals surface area contributed by atoms with Gasteiger partial charge in [-0.1, -0.05) is 25.6 Å². The summed E-state index contributed by atoms with van der Waals surface area (Å²) >= 11 is 8.84. The van der Waals surface area contributed by atoms with Gasteiger partial charge in [-0.05, 0) is 40.9 Å². The van der Waals surface area contributed by atoms with Gasteiger partial charge in [0.05, 0.1) is 15.5 Å². The van der Waals surface area contributed by atoms with Crippen LogP contribution in [0.4, 0.5) is 5.82 Å². The highest BCUT2D eigenvalue weighted by molar-refractivity contribution is 9.10. The average Bonchev–Trinajstić information content (AvgIpc) is 2.45. The summed E-state index contributed by atoms with van der Waals surface area (Å²) in [6.45, 7) is 8.09. The highest BCUT2D eigenvalue weighted by Crippen LogP contribution is 2.26. The zero-order valence-corrected chi connectivity index (χ0v) is 15.1. The van der Waals surface area contributed by atoms with E-state index < -0.39 is 0 Å². The van der Waals surface area contributed by atoms with Crippen LogP contribution in [-0.2, 0) is 0 Å². The molecule has 0 aromatic carbocycles. The second kappa shape index (κ2) is 7.51. The van der Waals surface area contributed by atoms with Gasteiger partial charge in [0, 0.05) is 32.4 Å². The number of rotatable bonds is 5. The number of hydrogen-bond donors (Lipinski definition) is 1. The fraction of sp³-hybridized carbons (Fsp3) is 0.600. The van der Waals surface area contributed by atoms with Crippen LogP contribution in [-0.4, -0.2) is 47.1 Å². The van der Waals surface area contributed by atoms with Crippen molar-refractivity contribution >= 4 is 39.0 Å². The molecule has 0 spiro atoms. The molecule has 1 aliphatic heterocycles. The van der Waals surface area contributed by atoms with Crippen LogP contribution in [0, 0.1) is 6.92 Å². The molecule has 0 saturated carbocycles. The van der Waals surface area contributed by atoms with Crippen molar-refractivity contribution < 1.29 is 0 Å². The van der Waals surface area contributed by atoms with Crippen LogP contribution in [0.15, 0.2) is 16.7 Å². The number of aromatic nitrogens is 1. The third-order valence-corrected chi connectivity index (χ3v) is 4.76. The van der Waals surface area contributed by atoms with Gasteiger partial charge < -0.3 is 10.6 Å². The Morgan fingerprint density at radius 3 is 2.62 bits per heavy atom. The monoisotopic (exact) mass is 370 g/mol. The number of hydrogen-bond acceptors (Lipinski definition) is 4. The van der Waals surface area contributed by atoms with E-state index in [0.29, 0.717) is 4.99 Å². The minimum atomic E-state index is 0.238. The summed E-state index contributed by atoms with van der Waals surface area (Å²) in [4.78, 5) is 9.91. The molecular formula is C15H23BrN4S. The molecule has 4 nitrogen and oxygen atoms in total. The first-order chi connectivity index (χ1) is 10.0. The van der Waals surface area contributed by atoms with Crippen LogP contribution in [0.25, 0.3) is 0 Å². The van der Waals surface area contributed by atoms with E-state index in [9.17, 15) is 0 Å². The van der Waals surface area contributed by atoms with Crippen molar-refractivity contribution in [2.24, 2.45) is 5.73 Å². The van der Waals surface area contributed by atoms with Crippen LogP contribution in [0.5, 0.6) is 0 Å². The zero-order chi connectivity index (χ0) is 15.4. The number of nitrogens with two attached hydrogens (primary N) is 1. The Kier molecular flexibility index (Phi) is 5.96. The molecule has 2 N–H and O–H groups in total. The van der Waals surface area contributed by atoms with E-state index in [0.717, 1.165) is 49.3 Å². The fourth-order valence-corrected chi connectivity index (χ4v) is 3.76. The highest BCUT2D eigenvalue weighted by atomic mass is 79.9. The van der Waals surface area contributed by atoms with E-state index in [4.69, 9.17) is 18.0 Å². The molecule has 1 fully saturated rings. The standard InChI is InChI=1S/C15H23BrN4S/c1-3-4-13(14(17)21)19-5-7-20(8-6-19)15-12(16)9-11(2)10-18-15/h9-10,13H,3-8H2,1-2H3,(H2,17,21). The molecule has 1 saturated heterocycles. The molecule has 0 aliphatic carbocycles. The van der Waals surface area contributed by atoms with Crippen molar-refractivity contribution in [3.63, 3.8) is 0 Å².